The van der Waals surface area contributed by atoms with Crippen LogP contribution in [0.3, 0.4) is 0 Å². The van der Waals surface area contributed by atoms with E-state index in [2.05, 4.69) is 135 Å². The van der Waals surface area contributed by atoms with Gasteiger partial charge in [0.2, 0.25) is 0 Å². The normalized spacial score (nSPS) is 13.4. The summed E-state index contributed by atoms with van der Waals surface area (Å²) in [6.07, 6.45) is 0. The van der Waals surface area contributed by atoms with Crippen molar-refractivity contribution in [1.82, 2.24) is 15.0 Å². The number of fused-ring (bicyclic) bond motifs is 10. The Kier molecular flexibility index (Phi) is 5.94. The van der Waals surface area contributed by atoms with Gasteiger partial charge in [-0.15, -0.1) is 0 Å². The van der Waals surface area contributed by atoms with Crippen molar-refractivity contribution in [3.63, 3.8) is 0 Å². The van der Waals surface area contributed by atoms with Crippen molar-refractivity contribution in [3.05, 3.63) is 151 Å². The molecular formula is C44H29N3Se. The Hall–Kier alpha value is -5.41. The van der Waals surface area contributed by atoms with Gasteiger partial charge in [0.15, 0.2) is 0 Å². The van der Waals surface area contributed by atoms with E-state index in [9.17, 15) is 0 Å². The number of hydrogen-bond acceptors (Lipinski definition) is 3. The fraction of sp³-hybridized carbons (Fsp3) is 0.0682. The molecule has 2 heterocycles. The van der Waals surface area contributed by atoms with Gasteiger partial charge in [-0.2, -0.15) is 0 Å². The molecule has 1 aliphatic carbocycles. The Bertz CT molecular complexity index is 2760. The average Bonchev–Trinajstić information content (AvgIpc) is 3.63. The van der Waals surface area contributed by atoms with Crippen LogP contribution in [0.1, 0.15) is 25.0 Å². The van der Waals surface area contributed by atoms with Crippen molar-refractivity contribution in [2.75, 3.05) is 0 Å². The fourth-order valence-electron chi connectivity index (χ4n) is 7.66. The first-order chi connectivity index (χ1) is 23.5. The number of aromatic nitrogens is 3. The van der Waals surface area contributed by atoms with Crippen molar-refractivity contribution < 1.29 is 0 Å². The van der Waals surface area contributed by atoms with E-state index in [1.165, 1.54) is 63.1 Å². The number of nitrogens with zero attached hydrogens (tertiary/aromatic N) is 3. The van der Waals surface area contributed by atoms with Crippen LogP contribution in [0, 0.1) is 0 Å². The monoisotopic (exact) mass is 679 g/mol. The van der Waals surface area contributed by atoms with Gasteiger partial charge in [-0.05, 0) is 16.7 Å². The molecule has 0 saturated heterocycles. The van der Waals surface area contributed by atoms with Gasteiger partial charge in [-0.25, -0.2) is 0 Å². The molecule has 7 aromatic carbocycles. The molecule has 2 aromatic heterocycles. The molecule has 4 heteroatoms. The van der Waals surface area contributed by atoms with Gasteiger partial charge >= 0.3 is 219 Å². The maximum atomic E-state index is 5.16. The van der Waals surface area contributed by atoms with Crippen LogP contribution >= 0.6 is 0 Å². The summed E-state index contributed by atoms with van der Waals surface area (Å²) >= 11 is 0.276. The van der Waals surface area contributed by atoms with Crippen LogP contribution in [-0.2, 0) is 5.41 Å². The maximum absolute atomic E-state index is 5.16. The molecule has 0 N–H and O–H groups in total. The SMILES string of the molecule is CC1(C)c2ccccc2-c2ccc(-c3nc(-c4ccccc4)nc(-c4ccc5c(ccc6ccc7c8ccccc8[se]c7c65)c4)n3)cc21. The van der Waals surface area contributed by atoms with Gasteiger partial charge in [0.05, 0.1) is 0 Å². The summed E-state index contributed by atoms with van der Waals surface area (Å²) in [5.74, 6) is 2.04. The second kappa shape index (κ2) is 10.3. The van der Waals surface area contributed by atoms with E-state index in [4.69, 9.17) is 15.0 Å². The predicted octanol–water partition coefficient (Wildman–Crippen LogP) is 10.8. The molecule has 48 heavy (non-hydrogen) atoms. The quantitative estimate of drug-likeness (QED) is 0.138. The third-order valence-corrected chi connectivity index (χ3v) is 12.6. The second-order valence-electron chi connectivity index (χ2n) is 13.2. The summed E-state index contributed by atoms with van der Waals surface area (Å²) in [7, 11) is 0. The molecule has 0 aliphatic heterocycles. The van der Waals surface area contributed by atoms with E-state index in [0.717, 1.165) is 16.7 Å². The van der Waals surface area contributed by atoms with Crippen LogP contribution in [0.4, 0.5) is 0 Å². The van der Waals surface area contributed by atoms with E-state index in [1.54, 1.807) is 0 Å². The van der Waals surface area contributed by atoms with Crippen LogP contribution < -0.4 is 0 Å². The van der Waals surface area contributed by atoms with E-state index in [1.807, 2.05) is 18.2 Å². The van der Waals surface area contributed by atoms with Gasteiger partial charge in [0.1, 0.15) is 0 Å². The second-order valence-corrected chi connectivity index (χ2v) is 15.5. The molecule has 0 unspecified atom stereocenters. The number of benzene rings is 7. The van der Waals surface area contributed by atoms with Gasteiger partial charge in [-0.3, -0.25) is 0 Å². The average molecular weight is 679 g/mol. The summed E-state index contributed by atoms with van der Waals surface area (Å²) < 4.78 is 2.95. The zero-order chi connectivity index (χ0) is 32.0. The van der Waals surface area contributed by atoms with Crippen molar-refractivity contribution in [1.29, 1.82) is 0 Å². The van der Waals surface area contributed by atoms with E-state index in [-0.39, 0.29) is 19.9 Å². The van der Waals surface area contributed by atoms with Crippen molar-refractivity contribution in [2.24, 2.45) is 0 Å². The van der Waals surface area contributed by atoms with Crippen molar-refractivity contribution in [3.8, 4) is 45.3 Å². The van der Waals surface area contributed by atoms with Gasteiger partial charge in [0.25, 0.3) is 0 Å². The Labute approximate surface area is 284 Å². The number of hydrogen-bond donors (Lipinski definition) is 0. The zero-order valence-electron chi connectivity index (χ0n) is 26.5. The molecule has 10 rings (SSSR count). The number of rotatable bonds is 3. The Morgan fingerprint density at radius 2 is 1.08 bits per heavy atom. The van der Waals surface area contributed by atoms with Crippen LogP contribution in [-0.4, -0.2) is 29.5 Å². The van der Waals surface area contributed by atoms with E-state index < -0.39 is 0 Å². The minimum atomic E-state index is -0.107. The Morgan fingerprint density at radius 1 is 0.458 bits per heavy atom. The van der Waals surface area contributed by atoms with Gasteiger partial charge in [-0.1, -0.05) is 44.2 Å². The van der Waals surface area contributed by atoms with Gasteiger partial charge in [0, 0.05) is 5.41 Å². The molecule has 9 aromatic rings. The third kappa shape index (κ3) is 4.10. The first-order valence-electron chi connectivity index (χ1n) is 16.4. The van der Waals surface area contributed by atoms with E-state index in [0.29, 0.717) is 17.5 Å². The minimum absolute atomic E-state index is 0.107. The van der Waals surface area contributed by atoms with Gasteiger partial charge < -0.3 is 0 Å². The molecule has 226 valence electrons. The molecule has 0 fully saturated rings. The molecule has 3 nitrogen and oxygen atoms in total. The molecule has 1 aliphatic rings. The Balaban J connectivity index is 1.16. The van der Waals surface area contributed by atoms with Crippen LogP contribution in [0.2, 0.25) is 0 Å². The topological polar surface area (TPSA) is 38.7 Å². The molecule has 0 amide bonds. The Morgan fingerprint density at radius 3 is 1.94 bits per heavy atom. The summed E-state index contributed by atoms with van der Waals surface area (Å²) in [6, 6.07) is 50.3. The molecule has 0 radical (unpaired) electrons. The summed E-state index contributed by atoms with van der Waals surface area (Å²) in [5.41, 5.74) is 8.11. The molecule has 0 atom stereocenters. The summed E-state index contributed by atoms with van der Waals surface area (Å²) in [5, 5.41) is 7.90. The zero-order valence-corrected chi connectivity index (χ0v) is 28.2. The first-order valence-corrected chi connectivity index (χ1v) is 18.1. The molecule has 0 saturated carbocycles. The van der Waals surface area contributed by atoms with Crippen LogP contribution in [0.25, 0.3) is 86.1 Å². The van der Waals surface area contributed by atoms with Crippen LogP contribution in [0.15, 0.2) is 140 Å². The molecule has 0 bridgehead atoms. The van der Waals surface area contributed by atoms with Crippen molar-refractivity contribution >= 4 is 55.3 Å². The molecule has 0 spiro atoms. The summed E-state index contributed by atoms with van der Waals surface area (Å²) in [4.78, 5) is 15.3. The van der Waals surface area contributed by atoms with Crippen LogP contribution in [0.5, 0.6) is 0 Å². The molecular weight excluding hydrogens is 649 g/mol. The van der Waals surface area contributed by atoms with Crippen molar-refractivity contribution in [2.45, 2.75) is 19.3 Å². The van der Waals surface area contributed by atoms with E-state index >= 15 is 0 Å². The summed E-state index contributed by atoms with van der Waals surface area (Å²) in [6.45, 7) is 4.62. The first kappa shape index (κ1) is 27.7. The standard InChI is InChI=1S/C44H29N3Se/c1-44(2)36-14-8-6-12-32(36)33-22-20-30(25-37(33)44)43-46-41(27-10-4-3-5-11-27)45-42(47-43)29-19-21-31-28(24-29)17-16-26-18-23-35-34-13-7-9-15-38(34)48-40(35)39(26)31/h3-25H,1-2H3. The predicted molar refractivity (Wildman–Crippen MR) is 201 cm³/mol. The third-order valence-electron chi connectivity index (χ3n) is 10.1. The fourth-order valence-corrected chi connectivity index (χ4v) is 10.3.